The Kier molecular flexibility index (Phi) is 4.15. The topological polar surface area (TPSA) is 41.6 Å². The van der Waals surface area contributed by atoms with E-state index in [-0.39, 0.29) is 29.1 Å². The Morgan fingerprint density at radius 1 is 1.43 bits per heavy atom. The summed E-state index contributed by atoms with van der Waals surface area (Å²) in [5.41, 5.74) is 0.755. The summed E-state index contributed by atoms with van der Waals surface area (Å²) in [4.78, 5) is 13.7. The standard InChI is InChI=1S/C15H18ClFN2O2/c1-19-6-4-13(15(19)20)18-12-5-7-21-14(12)9-2-3-10(16)11(17)8-9/h2-3,8,12-14,18H,4-7H2,1H3. The predicted molar refractivity (Wildman–Crippen MR) is 77.7 cm³/mol. The molecule has 114 valence electrons. The first kappa shape index (κ1) is 14.8. The number of carbonyl (C=O) groups excluding carboxylic acids is 1. The molecular formula is C15H18ClFN2O2. The fraction of sp³-hybridized carbons (Fsp3) is 0.533. The van der Waals surface area contributed by atoms with Crippen molar-refractivity contribution in [3.63, 3.8) is 0 Å². The SMILES string of the molecule is CN1CCC(NC2CCOC2c2ccc(Cl)c(F)c2)C1=O. The molecule has 0 bridgehead atoms. The number of rotatable bonds is 3. The fourth-order valence-electron chi connectivity index (χ4n) is 3.01. The lowest BCUT2D eigenvalue weighted by atomic mass is 10.0. The summed E-state index contributed by atoms with van der Waals surface area (Å²) in [5, 5.41) is 3.47. The first-order valence-corrected chi connectivity index (χ1v) is 7.51. The van der Waals surface area contributed by atoms with E-state index in [0.29, 0.717) is 6.61 Å². The van der Waals surface area contributed by atoms with Gasteiger partial charge in [-0.15, -0.1) is 0 Å². The summed E-state index contributed by atoms with van der Waals surface area (Å²) in [5.74, 6) is -0.331. The third-order valence-electron chi connectivity index (χ3n) is 4.21. The van der Waals surface area contributed by atoms with Crippen molar-refractivity contribution in [1.29, 1.82) is 0 Å². The third kappa shape index (κ3) is 2.91. The van der Waals surface area contributed by atoms with E-state index < -0.39 is 5.82 Å². The van der Waals surface area contributed by atoms with Crippen molar-refractivity contribution < 1.29 is 13.9 Å². The van der Waals surface area contributed by atoms with Crippen LogP contribution in [0.15, 0.2) is 18.2 Å². The van der Waals surface area contributed by atoms with E-state index in [1.807, 2.05) is 0 Å². The van der Waals surface area contributed by atoms with Crippen molar-refractivity contribution in [2.75, 3.05) is 20.2 Å². The van der Waals surface area contributed by atoms with Crippen LogP contribution in [0.2, 0.25) is 5.02 Å². The molecule has 1 aromatic rings. The Morgan fingerprint density at radius 2 is 2.24 bits per heavy atom. The van der Waals surface area contributed by atoms with Gasteiger partial charge < -0.3 is 9.64 Å². The Morgan fingerprint density at radius 3 is 2.90 bits per heavy atom. The normalized spacial score (nSPS) is 29.4. The number of hydrogen-bond donors (Lipinski definition) is 1. The Hall–Kier alpha value is -1.17. The molecule has 0 aliphatic carbocycles. The molecular weight excluding hydrogens is 295 g/mol. The average molecular weight is 313 g/mol. The van der Waals surface area contributed by atoms with Crippen LogP contribution in [0, 0.1) is 5.82 Å². The van der Waals surface area contributed by atoms with Crippen LogP contribution in [-0.4, -0.2) is 43.1 Å². The number of likely N-dealkylation sites (tertiary alicyclic amines) is 1. The summed E-state index contributed by atoms with van der Waals surface area (Å²) in [6.07, 6.45) is 1.37. The van der Waals surface area contributed by atoms with Crippen LogP contribution in [0.3, 0.4) is 0 Å². The second kappa shape index (κ2) is 5.91. The molecule has 2 aliphatic rings. The van der Waals surface area contributed by atoms with Crippen LogP contribution in [0.1, 0.15) is 24.5 Å². The first-order chi connectivity index (χ1) is 10.1. The second-order valence-electron chi connectivity index (χ2n) is 5.63. The summed E-state index contributed by atoms with van der Waals surface area (Å²) in [6, 6.07) is 4.58. The number of likely N-dealkylation sites (N-methyl/N-ethyl adjacent to an activating group) is 1. The van der Waals surface area contributed by atoms with Gasteiger partial charge in [0.05, 0.1) is 17.2 Å². The third-order valence-corrected chi connectivity index (χ3v) is 4.51. The molecule has 1 aromatic carbocycles. The maximum Gasteiger partial charge on any atom is 0.239 e. The molecule has 0 spiro atoms. The van der Waals surface area contributed by atoms with E-state index in [4.69, 9.17) is 16.3 Å². The zero-order chi connectivity index (χ0) is 15.0. The lowest BCUT2D eigenvalue weighted by Gasteiger charge is -2.23. The largest absolute Gasteiger partial charge is 0.372 e. The monoisotopic (exact) mass is 312 g/mol. The van der Waals surface area contributed by atoms with Gasteiger partial charge >= 0.3 is 0 Å². The highest BCUT2D eigenvalue weighted by molar-refractivity contribution is 6.30. The van der Waals surface area contributed by atoms with Gasteiger partial charge in [-0.25, -0.2) is 4.39 Å². The van der Waals surface area contributed by atoms with Crippen LogP contribution in [-0.2, 0) is 9.53 Å². The molecule has 6 heteroatoms. The minimum absolute atomic E-state index is 0.0195. The minimum atomic E-state index is -0.444. The molecule has 3 rings (SSSR count). The molecule has 0 aromatic heterocycles. The molecule has 2 aliphatic heterocycles. The number of nitrogens with one attached hydrogen (secondary N) is 1. The zero-order valence-electron chi connectivity index (χ0n) is 11.8. The number of amides is 1. The van der Waals surface area contributed by atoms with Crippen LogP contribution in [0.5, 0.6) is 0 Å². The summed E-state index contributed by atoms with van der Waals surface area (Å²) in [7, 11) is 1.81. The Balaban J connectivity index is 1.73. The number of ether oxygens (including phenoxy) is 1. The highest BCUT2D eigenvalue weighted by Gasteiger charge is 2.36. The number of benzene rings is 1. The zero-order valence-corrected chi connectivity index (χ0v) is 12.6. The average Bonchev–Trinajstić information content (AvgIpc) is 3.04. The van der Waals surface area contributed by atoms with Crippen molar-refractivity contribution in [3.8, 4) is 0 Å². The van der Waals surface area contributed by atoms with E-state index in [1.54, 1.807) is 24.1 Å². The van der Waals surface area contributed by atoms with Gasteiger partial charge in [-0.05, 0) is 30.5 Å². The van der Waals surface area contributed by atoms with Crippen molar-refractivity contribution in [1.82, 2.24) is 10.2 Å². The van der Waals surface area contributed by atoms with Crippen LogP contribution in [0.25, 0.3) is 0 Å². The van der Waals surface area contributed by atoms with Gasteiger partial charge in [0.15, 0.2) is 0 Å². The van der Waals surface area contributed by atoms with Gasteiger partial charge in [0.25, 0.3) is 0 Å². The van der Waals surface area contributed by atoms with E-state index in [1.165, 1.54) is 6.07 Å². The van der Waals surface area contributed by atoms with Crippen molar-refractivity contribution in [2.45, 2.75) is 31.0 Å². The molecule has 1 N–H and O–H groups in total. The van der Waals surface area contributed by atoms with E-state index >= 15 is 0 Å². The Bertz CT molecular complexity index is 554. The second-order valence-corrected chi connectivity index (χ2v) is 6.04. The highest BCUT2D eigenvalue weighted by atomic mass is 35.5. The smallest absolute Gasteiger partial charge is 0.239 e. The number of halogens is 2. The lowest BCUT2D eigenvalue weighted by Crippen LogP contribution is -2.44. The van der Waals surface area contributed by atoms with E-state index in [9.17, 15) is 9.18 Å². The van der Waals surface area contributed by atoms with Gasteiger partial charge in [-0.1, -0.05) is 17.7 Å². The lowest BCUT2D eigenvalue weighted by molar-refractivity contribution is -0.128. The van der Waals surface area contributed by atoms with Gasteiger partial charge in [0, 0.05) is 26.2 Å². The van der Waals surface area contributed by atoms with E-state index in [2.05, 4.69) is 5.32 Å². The Labute approximate surface area is 128 Å². The van der Waals surface area contributed by atoms with Gasteiger partial charge in [0.2, 0.25) is 5.91 Å². The van der Waals surface area contributed by atoms with Crippen LogP contribution >= 0.6 is 11.6 Å². The molecule has 2 saturated heterocycles. The molecule has 0 saturated carbocycles. The van der Waals surface area contributed by atoms with Crippen molar-refractivity contribution in [3.05, 3.63) is 34.6 Å². The van der Waals surface area contributed by atoms with Gasteiger partial charge in [-0.3, -0.25) is 10.1 Å². The molecule has 3 unspecified atom stereocenters. The van der Waals surface area contributed by atoms with Crippen molar-refractivity contribution >= 4 is 17.5 Å². The minimum Gasteiger partial charge on any atom is -0.372 e. The first-order valence-electron chi connectivity index (χ1n) is 7.14. The van der Waals surface area contributed by atoms with Gasteiger partial charge in [-0.2, -0.15) is 0 Å². The number of nitrogens with zero attached hydrogens (tertiary/aromatic N) is 1. The molecule has 4 nitrogen and oxygen atoms in total. The summed E-state index contributed by atoms with van der Waals surface area (Å²) >= 11 is 5.71. The molecule has 2 fully saturated rings. The quantitative estimate of drug-likeness (QED) is 0.929. The number of hydrogen-bond acceptors (Lipinski definition) is 3. The van der Waals surface area contributed by atoms with Crippen molar-refractivity contribution in [2.24, 2.45) is 0 Å². The fourth-order valence-corrected chi connectivity index (χ4v) is 3.13. The molecule has 0 radical (unpaired) electrons. The van der Waals surface area contributed by atoms with E-state index in [0.717, 1.165) is 24.9 Å². The number of carbonyl (C=O) groups is 1. The van der Waals surface area contributed by atoms with Crippen LogP contribution in [0.4, 0.5) is 4.39 Å². The summed E-state index contributed by atoms with van der Waals surface area (Å²) < 4.78 is 19.3. The molecule has 1 amide bonds. The summed E-state index contributed by atoms with van der Waals surface area (Å²) in [6.45, 7) is 1.37. The van der Waals surface area contributed by atoms with Crippen LogP contribution < -0.4 is 5.32 Å². The molecule has 21 heavy (non-hydrogen) atoms. The molecule has 3 atom stereocenters. The molecule has 2 heterocycles. The maximum absolute atomic E-state index is 13.6. The predicted octanol–water partition coefficient (Wildman–Crippen LogP) is 2.13. The maximum atomic E-state index is 13.6. The highest BCUT2D eigenvalue weighted by Crippen LogP contribution is 2.31. The van der Waals surface area contributed by atoms with Gasteiger partial charge in [0.1, 0.15) is 5.82 Å².